The van der Waals surface area contributed by atoms with Crippen molar-refractivity contribution >= 4 is 28.5 Å². The Morgan fingerprint density at radius 2 is 1.86 bits per heavy atom. The maximum Gasteiger partial charge on any atom is 0.267 e. The molecule has 1 N–H and O–H groups in total. The van der Waals surface area contributed by atoms with E-state index in [0.717, 1.165) is 10.5 Å². The summed E-state index contributed by atoms with van der Waals surface area (Å²) in [7, 11) is 0. The number of carbonyl (C=O) groups is 2. The Hall–Kier alpha value is -3.94. The lowest BCUT2D eigenvalue weighted by Crippen LogP contribution is -2.30. The number of halogens is 1. The monoisotopic (exact) mass is 373 g/mol. The quantitative estimate of drug-likeness (QED) is 0.545. The highest BCUT2D eigenvalue weighted by molar-refractivity contribution is 6.38. The summed E-state index contributed by atoms with van der Waals surface area (Å²) >= 11 is 0. The average Bonchev–Trinajstić information content (AvgIpc) is 3.23. The molecule has 0 unspecified atom stereocenters. The molecule has 0 fully saturated rings. The van der Waals surface area contributed by atoms with Gasteiger partial charge in [-0.05, 0) is 36.8 Å². The molecule has 4 heterocycles. The number of aromatic nitrogens is 4. The van der Waals surface area contributed by atoms with Crippen LogP contribution in [0.3, 0.4) is 0 Å². The number of hydrogen-bond donors (Lipinski definition) is 1. The molecule has 3 aromatic heterocycles. The normalized spacial score (nSPS) is 13.4. The van der Waals surface area contributed by atoms with Gasteiger partial charge in [-0.25, -0.2) is 14.3 Å². The topological polar surface area (TPSA) is 91.8 Å². The van der Waals surface area contributed by atoms with E-state index in [1.165, 1.54) is 18.3 Å². The third kappa shape index (κ3) is 2.18. The number of amides is 2. The number of imide groups is 1. The number of pyridine rings is 2. The highest BCUT2D eigenvalue weighted by atomic mass is 19.1. The highest BCUT2D eigenvalue weighted by Crippen LogP contribution is 2.36. The molecule has 0 saturated carbocycles. The molecule has 0 atom stereocenters. The van der Waals surface area contributed by atoms with Gasteiger partial charge >= 0.3 is 0 Å². The van der Waals surface area contributed by atoms with Crippen molar-refractivity contribution in [2.75, 3.05) is 4.90 Å². The maximum atomic E-state index is 14.5. The fraction of sp³-hybridized carbons (Fsp3) is 0.0500. The van der Waals surface area contributed by atoms with Crippen molar-refractivity contribution in [3.8, 4) is 11.3 Å². The van der Waals surface area contributed by atoms with E-state index in [4.69, 9.17) is 0 Å². The highest BCUT2D eigenvalue weighted by Gasteiger charge is 2.41. The van der Waals surface area contributed by atoms with Crippen LogP contribution in [0.15, 0.2) is 48.9 Å². The number of benzene rings is 1. The summed E-state index contributed by atoms with van der Waals surface area (Å²) in [5, 5.41) is 7.45. The molecule has 2 amide bonds. The minimum absolute atomic E-state index is 0.0843. The first-order chi connectivity index (χ1) is 13.6. The zero-order valence-electron chi connectivity index (χ0n) is 14.6. The standard InChI is InChI=1S/C20H12FN5O2/c1-10-2-3-14(13(21)8-10)26-19(27)12-9-23-18-16(15(12)20(26)28)17(24-25-18)11-4-6-22-7-5-11/h2-9H,1H3,(H,23,24,25). The van der Waals surface area contributed by atoms with Gasteiger partial charge in [-0.15, -0.1) is 0 Å². The van der Waals surface area contributed by atoms with Crippen LogP contribution < -0.4 is 4.90 Å². The number of anilines is 1. The summed E-state index contributed by atoms with van der Waals surface area (Å²) in [5.41, 5.74) is 2.49. The van der Waals surface area contributed by atoms with Gasteiger partial charge in [0.15, 0.2) is 5.65 Å². The van der Waals surface area contributed by atoms with Crippen molar-refractivity contribution in [3.05, 3.63) is 71.4 Å². The molecule has 0 radical (unpaired) electrons. The van der Waals surface area contributed by atoms with Gasteiger partial charge in [0, 0.05) is 24.2 Å². The van der Waals surface area contributed by atoms with Crippen molar-refractivity contribution < 1.29 is 14.0 Å². The van der Waals surface area contributed by atoms with Gasteiger partial charge in [0.25, 0.3) is 11.8 Å². The summed E-state index contributed by atoms with van der Waals surface area (Å²) < 4.78 is 14.5. The molecule has 7 nitrogen and oxygen atoms in total. The van der Waals surface area contributed by atoms with Crippen LogP contribution in [0, 0.1) is 12.7 Å². The van der Waals surface area contributed by atoms with E-state index in [1.807, 2.05) is 0 Å². The summed E-state index contributed by atoms with van der Waals surface area (Å²) in [6, 6.07) is 7.87. The third-order valence-electron chi connectivity index (χ3n) is 4.75. The SMILES string of the molecule is Cc1ccc(N2C(=O)c3cnc4n[nH]c(-c5ccncc5)c4c3C2=O)c(F)c1. The molecule has 5 rings (SSSR count). The lowest BCUT2D eigenvalue weighted by atomic mass is 10.0. The van der Waals surface area contributed by atoms with Crippen LogP contribution in [-0.4, -0.2) is 32.0 Å². The number of nitrogens with one attached hydrogen (secondary N) is 1. The van der Waals surface area contributed by atoms with Crippen molar-refractivity contribution in [1.29, 1.82) is 0 Å². The zero-order valence-corrected chi connectivity index (χ0v) is 14.6. The van der Waals surface area contributed by atoms with E-state index in [1.54, 1.807) is 37.5 Å². The number of H-pyrrole nitrogens is 1. The Labute approximate surface area is 157 Å². The van der Waals surface area contributed by atoms with Gasteiger partial charge in [0.05, 0.1) is 27.9 Å². The molecule has 0 saturated heterocycles. The second-order valence-corrected chi connectivity index (χ2v) is 6.48. The number of aromatic amines is 1. The van der Waals surface area contributed by atoms with Crippen molar-refractivity contribution in [2.24, 2.45) is 0 Å². The average molecular weight is 373 g/mol. The second kappa shape index (κ2) is 5.78. The first kappa shape index (κ1) is 16.2. The van der Waals surface area contributed by atoms with Gasteiger partial charge in [0.1, 0.15) is 5.82 Å². The Balaban J connectivity index is 1.75. The van der Waals surface area contributed by atoms with Gasteiger partial charge in [0.2, 0.25) is 0 Å². The molecule has 136 valence electrons. The van der Waals surface area contributed by atoms with Crippen molar-refractivity contribution in [2.45, 2.75) is 6.92 Å². The van der Waals surface area contributed by atoms with Crippen LogP contribution in [0.2, 0.25) is 0 Å². The van der Waals surface area contributed by atoms with Gasteiger partial charge < -0.3 is 0 Å². The van der Waals surface area contributed by atoms with Crippen LogP contribution in [0.5, 0.6) is 0 Å². The smallest absolute Gasteiger partial charge is 0.267 e. The molecule has 28 heavy (non-hydrogen) atoms. The van der Waals surface area contributed by atoms with Crippen molar-refractivity contribution in [3.63, 3.8) is 0 Å². The van der Waals surface area contributed by atoms with Crippen molar-refractivity contribution in [1.82, 2.24) is 20.2 Å². The fourth-order valence-corrected chi connectivity index (χ4v) is 3.44. The summed E-state index contributed by atoms with van der Waals surface area (Å²) in [6.07, 6.45) is 4.53. The molecule has 1 aromatic carbocycles. The fourth-order valence-electron chi connectivity index (χ4n) is 3.44. The number of fused-ring (bicyclic) bond motifs is 3. The van der Waals surface area contributed by atoms with Crippen LogP contribution >= 0.6 is 0 Å². The number of rotatable bonds is 2. The first-order valence-electron chi connectivity index (χ1n) is 8.48. The maximum absolute atomic E-state index is 14.5. The molecular weight excluding hydrogens is 361 g/mol. The summed E-state index contributed by atoms with van der Waals surface area (Å²) in [6.45, 7) is 1.73. The van der Waals surface area contributed by atoms with Gasteiger partial charge in [-0.3, -0.25) is 19.7 Å². The molecule has 0 spiro atoms. The second-order valence-electron chi connectivity index (χ2n) is 6.48. The van der Waals surface area contributed by atoms with E-state index >= 15 is 0 Å². The minimum atomic E-state index is -0.639. The molecule has 0 bridgehead atoms. The lowest BCUT2D eigenvalue weighted by molar-refractivity contribution is 0.0925. The largest absolute Gasteiger partial charge is 0.275 e. The van der Waals surface area contributed by atoms with Crippen LogP contribution in [0.1, 0.15) is 26.3 Å². The molecule has 0 aliphatic carbocycles. The Morgan fingerprint density at radius 1 is 1.07 bits per heavy atom. The van der Waals surface area contributed by atoms with Crippen LogP contribution in [0.4, 0.5) is 10.1 Å². The predicted molar refractivity (Wildman–Crippen MR) is 99.4 cm³/mol. The Morgan fingerprint density at radius 3 is 2.61 bits per heavy atom. The molecule has 4 aromatic rings. The van der Waals surface area contributed by atoms with Gasteiger partial charge in [-0.2, -0.15) is 5.10 Å². The first-order valence-corrected chi connectivity index (χ1v) is 8.48. The van der Waals surface area contributed by atoms with E-state index in [9.17, 15) is 14.0 Å². The molecule has 8 heteroatoms. The number of hydrogen-bond acceptors (Lipinski definition) is 5. The Kier molecular flexibility index (Phi) is 3.35. The van der Waals surface area contributed by atoms with E-state index in [0.29, 0.717) is 22.3 Å². The van der Waals surface area contributed by atoms with E-state index in [-0.39, 0.29) is 16.8 Å². The zero-order chi connectivity index (χ0) is 19.4. The minimum Gasteiger partial charge on any atom is -0.275 e. The molecule has 1 aliphatic heterocycles. The summed E-state index contributed by atoms with van der Waals surface area (Å²) in [4.78, 5) is 35.1. The molecule has 1 aliphatic rings. The third-order valence-corrected chi connectivity index (χ3v) is 4.75. The van der Waals surface area contributed by atoms with E-state index < -0.39 is 17.6 Å². The van der Waals surface area contributed by atoms with Crippen LogP contribution in [0.25, 0.3) is 22.3 Å². The van der Waals surface area contributed by atoms with Gasteiger partial charge in [-0.1, -0.05) is 6.07 Å². The van der Waals surface area contributed by atoms with Crippen LogP contribution in [-0.2, 0) is 0 Å². The Bertz CT molecular complexity index is 1280. The van der Waals surface area contributed by atoms with E-state index in [2.05, 4.69) is 20.2 Å². The lowest BCUT2D eigenvalue weighted by Gasteiger charge is -2.15. The molecular formula is C20H12FN5O2. The summed E-state index contributed by atoms with van der Waals surface area (Å²) in [5.74, 6) is -1.86. The number of nitrogens with zero attached hydrogens (tertiary/aromatic N) is 4. The number of aryl methyl sites for hydroxylation is 1. The predicted octanol–water partition coefficient (Wildman–Crippen LogP) is 3.27. The number of carbonyl (C=O) groups excluding carboxylic acids is 2.